The highest BCUT2D eigenvalue weighted by Crippen LogP contribution is 2.25. The molecule has 0 heterocycles. The van der Waals surface area contributed by atoms with Gasteiger partial charge in [-0.05, 0) is 26.1 Å². The number of carbonyl (C=O) groups excluding carboxylic acids is 2. The molecule has 2 unspecified atom stereocenters. The Morgan fingerprint density at radius 1 is 1.25 bits per heavy atom. The van der Waals surface area contributed by atoms with Crippen LogP contribution in [0.4, 0.5) is 0 Å². The van der Waals surface area contributed by atoms with E-state index in [-0.39, 0.29) is 22.3 Å². The van der Waals surface area contributed by atoms with Gasteiger partial charge in [-0.2, -0.15) is 0 Å². The predicted molar refractivity (Wildman–Crippen MR) is 99.9 cm³/mol. The number of nitrogens with one attached hydrogen (secondary N) is 2. The lowest BCUT2D eigenvalue weighted by Crippen LogP contribution is -2.43. The molecule has 1 amide bonds. The van der Waals surface area contributed by atoms with Crippen LogP contribution in [0, 0.1) is 5.41 Å². The van der Waals surface area contributed by atoms with E-state index >= 15 is 0 Å². The molecule has 0 radical (unpaired) electrons. The molecular formula is C16H23N2O4PS. The Morgan fingerprint density at radius 2 is 1.92 bits per heavy atom. The fourth-order valence-corrected chi connectivity index (χ4v) is 4.13. The number of amides is 1. The second kappa shape index (κ2) is 9.16. The van der Waals surface area contributed by atoms with Crippen LogP contribution in [-0.4, -0.2) is 48.7 Å². The molecule has 0 spiro atoms. The molecule has 3 N–H and O–H groups in total. The maximum absolute atomic E-state index is 12.5. The molecule has 132 valence electrons. The van der Waals surface area contributed by atoms with E-state index in [0.29, 0.717) is 18.7 Å². The van der Waals surface area contributed by atoms with Gasteiger partial charge in [0.1, 0.15) is 0 Å². The Bertz CT molecular complexity index is 631. The van der Waals surface area contributed by atoms with Crippen molar-refractivity contribution in [3.05, 3.63) is 34.9 Å². The number of rotatable bonds is 9. The third-order valence-corrected chi connectivity index (χ3v) is 4.98. The van der Waals surface area contributed by atoms with Gasteiger partial charge in [-0.3, -0.25) is 9.59 Å². The molecule has 24 heavy (non-hydrogen) atoms. The molecule has 0 bridgehead atoms. The van der Waals surface area contributed by atoms with Gasteiger partial charge in [-0.15, -0.1) is 11.4 Å². The molecule has 0 saturated carbocycles. The standard InChI is InChI=1S/C16H23N2O4PS/c1-10(19)11-4-5-12(15(21)22)13(6-11)14(20)18-8-16(2,7-17-3)9-24-23/h4-6,17H,7-9,23H2,1-3H3,(H,18,20)(H,21,22). The summed E-state index contributed by atoms with van der Waals surface area (Å²) in [5.41, 5.74) is 0.00992. The minimum atomic E-state index is -1.20. The van der Waals surface area contributed by atoms with Crippen LogP contribution in [0.2, 0.25) is 0 Å². The second-order valence-corrected chi connectivity index (χ2v) is 7.58. The normalized spacial score (nSPS) is 13.2. The molecule has 1 rings (SSSR count). The van der Waals surface area contributed by atoms with E-state index in [9.17, 15) is 19.5 Å². The maximum atomic E-state index is 12.5. The van der Waals surface area contributed by atoms with Crippen molar-refractivity contribution >= 4 is 37.5 Å². The number of aromatic carboxylic acids is 1. The number of carboxylic acid groups (broad SMARTS) is 1. The summed E-state index contributed by atoms with van der Waals surface area (Å²) in [6.07, 6.45) is 0. The number of carbonyl (C=O) groups is 3. The summed E-state index contributed by atoms with van der Waals surface area (Å²) < 4.78 is 0. The quantitative estimate of drug-likeness (QED) is 0.455. The minimum absolute atomic E-state index is 0.000495. The van der Waals surface area contributed by atoms with Crippen molar-refractivity contribution in [1.82, 2.24) is 10.6 Å². The van der Waals surface area contributed by atoms with Crippen molar-refractivity contribution in [2.45, 2.75) is 13.8 Å². The molecule has 0 aliphatic heterocycles. The van der Waals surface area contributed by atoms with Gasteiger partial charge in [0.15, 0.2) is 5.78 Å². The van der Waals surface area contributed by atoms with Crippen molar-refractivity contribution in [2.24, 2.45) is 5.41 Å². The van der Waals surface area contributed by atoms with Crippen molar-refractivity contribution in [2.75, 3.05) is 25.9 Å². The van der Waals surface area contributed by atoms with Crippen molar-refractivity contribution in [3.63, 3.8) is 0 Å². The fraction of sp³-hybridized carbons (Fsp3) is 0.438. The lowest BCUT2D eigenvalue weighted by molar-refractivity contribution is 0.0690. The highest BCUT2D eigenvalue weighted by Gasteiger charge is 2.25. The van der Waals surface area contributed by atoms with E-state index in [1.165, 1.54) is 25.1 Å². The molecule has 0 saturated heterocycles. The smallest absolute Gasteiger partial charge is 0.336 e. The van der Waals surface area contributed by atoms with Gasteiger partial charge >= 0.3 is 5.97 Å². The Hall–Kier alpha value is -1.43. The summed E-state index contributed by atoms with van der Waals surface area (Å²) in [5, 5.41) is 15.2. The van der Waals surface area contributed by atoms with Crippen LogP contribution in [0.3, 0.4) is 0 Å². The SMILES string of the molecule is CNCC(C)(CNC(=O)c1cc(C(C)=O)ccc1C(=O)O)CSP. The van der Waals surface area contributed by atoms with Crippen molar-refractivity contribution in [1.29, 1.82) is 0 Å². The maximum Gasteiger partial charge on any atom is 0.336 e. The molecule has 0 fully saturated rings. The van der Waals surface area contributed by atoms with Gasteiger partial charge in [0.2, 0.25) is 0 Å². The first kappa shape index (κ1) is 20.6. The zero-order valence-electron chi connectivity index (χ0n) is 14.0. The third kappa shape index (κ3) is 5.58. The summed E-state index contributed by atoms with van der Waals surface area (Å²) in [6.45, 7) is 4.49. The van der Waals surface area contributed by atoms with Crippen molar-refractivity contribution < 1.29 is 19.5 Å². The van der Waals surface area contributed by atoms with Crippen LogP contribution >= 0.6 is 19.8 Å². The largest absolute Gasteiger partial charge is 0.478 e. The average molecular weight is 370 g/mol. The van der Waals surface area contributed by atoms with Crippen LogP contribution in [-0.2, 0) is 0 Å². The van der Waals surface area contributed by atoms with E-state index in [0.717, 1.165) is 5.75 Å². The first-order chi connectivity index (χ1) is 11.2. The molecule has 0 aliphatic rings. The monoisotopic (exact) mass is 370 g/mol. The summed E-state index contributed by atoms with van der Waals surface area (Å²) in [5.74, 6) is -1.11. The third-order valence-electron chi connectivity index (χ3n) is 3.61. The molecule has 2 atom stereocenters. The average Bonchev–Trinajstić information content (AvgIpc) is 2.52. The van der Waals surface area contributed by atoms with Gasteiger partial charge in [-0.25, -0.2) is 4.79 Å². The van der Waals surface area contributed by atoms with Crippen LogP contribution < -0.4 is 10.6 Å². The van der Waals surface area contributed by atoms with Crippen LogP contribution in [0.25, 0.3) is 0 Å². The first-order valence-corrected chi connectivity index (χ1v) is 9.83. The zero-order valence-corrected chi connectivity index (χ0v) is 16.0. The number of carboxylic acids is 1. The fourth-order valence-electron chi connectivity index (χ4n) is 2.32. The van der Waals surface area contributed by atoms with E-state index in [4.69, 9.17) is 0 Å². The van der Waals surface area contributed by atoms with Gasteiger partial charge < -0.3 is 15.7 Å². The zero-order chi connectivity index (χ0) is 18.3. The molecule has 6 nitrogen and oxygen atoms in total. The number of benzene rings is 1. The Morgan fingerprint density at radius 3 is 2.42 bits per heavy atom. The van der Waals surface area contributed by atoms with Gasteiger partial charge in [0.25, 0.3) is 5.91 Å². The minimum Gasteiger partial charge on any atom is -0.478 e. The molecule has 8 heteroatoms. The molecule has 1 aromatic rings. The molecule has 1 aromatic carbocycles. The highest BCUT2D eigenvalue weighted by molar-refractivity contribution is 8.43. The number of hydrogen-bond acceptors (Lipinski definition) is 5. The Kier molecular flexibility index (Phi) is 7.87. The van der Waals surface area contributed by atoms with Crippen LogP contribution in [0.5, 0.6) is 0 Å². The lowest BCUT2D eigenvalue weighted by atomic mass is 9.92. The summed E-state index contributed by atoms with van der Waals surface area (Å²) in [7, 11) is 4.43. The first-order valence-electron chi connectivity index (χ1n) is 7.37. The summed E-state index contributed by atoms with van der Waals surface area (Å²) >= 11 is 1.60. The Labute approximate surface area is 148 Å². The van der Waals surface area contributed by atoms with Crippen molar-refractivity contribution in [3.8, 4) is 0 Å². The molecule has 0 aliphatic carbocycles. The van der Waals surface area contributed by atoms with E-state index in [1.54, 1.807) is 11.4 Å². The summed E-state index contributed by atoms with van der Waals surface area (Å²) in [4.78, 5) is 35.3. The number of Topliss-reactive ketones (excluding diaryl/α,β-unsaturated/α-hetero) is 1. The van der Waals surface area contributed by atoms with Crippen LogP contribution in [0.15, 0.2) is 18.2 Å². The molecule has 0 aromatic heterocycles. The molecular weight excluding hydrogens is 347 g/mol. The Balaban J connectivity index is 3.03. The number of ketones is 1. The van der Waals surface area contributed by atoms with E-state index in [2.05, 4.69) is 19.1 Å². The lowest BCUT2D eigenvalue weighted by Gasteiger charge is -2.29. The van der Waals surface area contributed by atoms with E-state index in [1.807, 2.05) is 14.0 Å². The predicted octanol–water partition coefficient (Wildman–Crippen LogP) is 2.07. The van der Waals surface area contributed by atoms with Crippen LogP contribution in [0.1, 0.15) is 44.9 Å². The van der Waals surface area contributed by atoms with Gasteiger partial charge in [-0.1, -0.05) is 21.4 Å². The second-order valence-electron chi connectivity index (χ2n) is 5.96. The summed E-state index contributed by atoms with van der Waals surface area (Å²) in [6, 6.07) is 4.04. The highest BCUT2D eigenvalue weighted by atomic mass is 32.7. The topological polar surface area (TPSA) is 95.5 Å². The van der Waals surface area contributed by atoms with Gasteiger partial charge in [0.05, 0.1) is 11.1 Å². The van der Waals surface area contributed by atoms with E-state index < -0.39 is 11.9 Å². The number of hydrogen-bond donors (Lipinski definition) is 3. The van der Waals surface area contributed by atoms with Gasteiger partial charge in [0, 0.05) is 29.8 Å².